The van der Waals surface area contributed by atoms with Gasteiger partial charge in [0.25, 0.3) is 0 Å². The molecule has 1 fully saturated rings. The maximum Gasteiger partial charge on any atom is 0.224 e. The van der Waals surface area contributed by atoms with Crippen LogP contribution in [0, 0.1) is 5.92 Å². The highest BCUT2D eigenvalue weighted by Crippen LogP contribution is 2.26. The zero-order valence-corrected chi connectivity index (χ0v) is 15.0. The number of piperidine rings is 1. The average Bonchev–Trinajstić information content (AvgIpc) is 3.28. The smallest absolute Gasteiger partial charge is 0.224 e. The van der Waals surface area contributed by atoms with E-state index in [1.165, 1.54) is 0 Å². The first kappa shape index (κ1) is 17.3. The molecule has 3 aromatic rings. The zero-order chi connectivity index (χ0) is 18.5. The van der Waals surface area contributed by atoms with Crippen LogP contribution in [0.2, 0.25) is 0 Å². The number of carbonyl (C=O) groups excluding carboxylic acids is 1. The normalized spacial score (nSPS) is 16.1. The van der Waals surface area contributed by atoms with Gasteiger partial charge in [0.05, 0.1) is 12.5 Å². The summed E-state index contributed by atoms with van der Waals surface area (Å²) >= 11 is 0. The molecule has 1 N–H and O–H groups in total. The number of benzene rings is 1. The van der Waals surface area contributed by atoms with Crippen LogP contribution in [0.5, 0.6) is 0 Å². The summed E-state index contributed by atoms with van der Waals surface area (Å²) in [6, 6.07) is 13.4. The monoisotopic (exact) mass is 362 g/mol. The lowest BCUT2D eigenvalue weighted by molar-refractivity contribution is -0.126. The first-order valence-electron chi connectivity index (χ1n) is 9.21. The minimum absolute atomic E-state index is 0.0147. The zero-order valence-electron chi connectivity index (χ0n) is 15.0. The van der Waals surface area contributed by atoms with Gasteiger partial charge in [0.15, 0.2) is 0 Å². The lowest BCUT2D eigenvalue weighted by Crippen LogP contribution is -2.42. The number of amides is 1. The number of carbonyl (C=O) groups is 1. The van der Waals surface area contributed by atoms with Crippen molar-refractivity contribution in [2.45, 2.75) is 18.9 Å². The van der Waals surface area contributed by atoms with Crippen molar-refractivity contribution < 1.29 is 9.21 Å². The number of anilines is 1. The number of aromatic nitrogens is 2. The number of furan rings is 1. The summed E-state index contributed by atoms with van der Waals surface area (Å²) in [5, 5.41) is 3.18. The first-order chi connectivity index (χ1) is 13.3. The van der Waals surface area contributed by atoms with Crippen molar-refractivity contribution in [2.24, 2.45) is 5.92 Å². The van der Waals surface area contributed by atoms with E-state index in [9.17, 15) is 4.79 Å². The van der Waals surface area contributed by atoms with Gasteiger partial charge >= 0.3 is 0 Å². The highest BCUT2D eigenvalue weighted by Gasteiger charge is 2.28. The highest BCUT2D eigenvalue weighted by molar-refractivity contribution is 5.79. The fraction of sp³-hybridized carbons (Fsp3) is 0.286. The largest absolute Gasteiger partial charge is 0.467 e. The van der Waals surface area contributed by atoms with E-state index in [4.69, 9.17) is 4.42 Å². The van der Waals surface area contributed by atoms with Gasteiger partial charge in [-0.2, -0.15) is 0 Å². The van der Waals surface area contributed by atoms with Crippen molar-refractivity contribution >= 4 is 11.7 Å². The van der Waals surface area contributed by atoms with Crippen molar-refractivity contribution in [2.75, 3.05) is 18.0 Å². The Morgan fingerprint density at radius 1 is 1.11 bits per heavy atom. The molecule has 1 aliphatic rings. The van der Waals surface area contributed by atoms with Crippen molar-refractivity contribution in [3.63, 3.8) is 0 Å². The standard InChI is InChI=1S/C21H22N4O2/c26-21(17-8-12-25(13-9-17)19-15-22-10-11-23-19)24-20(18-7-4-14-27-18)16-5-2-1-3-6-16/h1-7,10-11,14-15,17,20H,8-9,12-13H2,(H,24,26). The molecule has 1 saturated heterocycles. The fourth-order valence-corrected chi connectivity index (χ4v) is 3.51. The molecule has 6 nitrogen and oxygen atoms in total. The quantitative estimate of drug-likeness (QED) is 0.755. The Bertz CT molecular complexity index is 844. The van der Waals surface area contributed by atoms with Gasteiger partial charge in [0.1, 0.15) is 17.6 Å². The Morgan fingerprint density at radius 2 is 1.93 bits per heavy atom. The van der Waals surface area contributed by atoms with Gasteiger partial charge in [0.2, 0.25) is 5.91 Å². The second kappa shape index (κ2) is 8.03. The number of nitrogens with one attached hydrogen (secondary N) is 1. The third-order valence-corrected chi connectivity index (χ3v) is 4.99. The van der Waals surface area contributed by atoms with E-state index >= 15 is 0 Å². The maximum atomic E-state index is 12.9. The minimum Gasteiger partial charge on any atom is -0.467 e. The van der Waals surface area contributed by atoms with Gasteiger partial charge in [-0.05, 0) is 30.5 Å². The molecule has 3 heterocycles. The lowest BCUT2D eigenvalue weighted by Gasteiger charge is -2.32. The summed E-state index contributed by atoms with van der Waals surface area (Å²) < 4.78 is 5.58. The van der Waals surface area contributed by atoms with Crippen LogP contribution >= 0.6 is 0 Å². The summed E-state index contributed by atoms with van der Waals surface area (Å²) in [4.78, 5) is 23.6. The van der Waals surface area contributed by atoms with Crippen LogP contribution in [0.15, 0.2) is 71.7 Å². The Kier molecular flexibility index (Phi) is 5.14. The first-order valence-corrected chi connectivity index (χ1v) is 9.21. The van der Waals surface area contributed by atoms with Crippen LogP contribution in [-0.2, 0) is 4.79 Å². The molecule has 0 aliphatic carbocycles. The van der Waals surface area contributed by atoms with E-state index in [0.717, 1.165) is 43.1 Å². The van der Waals surface area contributed by atoms with E-state index in [1.54, 1.807) is 24.9 Å². The van der Waals surface area contributed by atoms with Crippen molar-refractivity contribution in [3.05, 3.63) is 78.6 Å². The number of rotatable bonds is 5. The molecule has 1 aliphatic heterocycles. The molecule has 0 bridgehead atoms. The van der Waals surface area contributed by atoms with Crippen LogP contribution in [0.25, 0.3) is 0 Å². The van der Waals surface area contributed by atoms with Crippen molar-refractivity contribution in [3.8, 4) is 0 Å². The third kappa shape index (κ3) is 4.00. The molecular formula is C21H22N4O2. The Balaban J connectivity index is 1.42. The molecule has 1 unspecified atom stereocenters. The lowest BCUT2D eigenvalue weighted by atomic mass is 9.94. The molecule has 0 radical (unpaired) electrons. The molecule has 0 spiro atoms. The second-order valence-corrected chi connectivity index (χ2v) is 6.69. The van der Waals surface area contributed by atoms with Crippen LogP contribution in [0.3, 0.4) is 0 Å². The average molecular weight is 362 g/mol. The molecule has 138 valence electrons. The van der Waals surface area contributed by atoms with E-state index in [0.29, 0.717) is 0 Å². The third-order valence-electron chi connectivity index (χ3n) is 4.99. The fourth-order valence-electron chi connectivity index (χ4n) is 3.51. The highest BCUT2D eigenvalue weighted by atomic mass is 16.3. The molecule has 1 aromatic carbocycles. The molecule has 4 rings (SSSR count). The van der Waals surface area contributed by atoms with Gasteiger partial charge < -0.3 is 14.6 Å². The Morgan fingerprint density at radius 3 is 2.59 bits per heavy atom. The molecular weight excluding hydrogens is 340 g/mol. The summed E-state index contributed by atoms with van der Waals surface area (Å²) in [5.41, 5.74) is 1.01. The van der Waals surface area contributed by atoms with Gasteiger partial charge in [-0.1, -0.05) is 30.3 Å². The molecule has 0 saturated carbocycles. The molecule has 2 aromatic heterocycles. The molecule has 1 amide bonds. The van der Waals surface area contributed by atoms with Gasteiger partial charge in [-0.25, -0.2) is 4.98 Å². The van der Waals surface area contributed by atoms with Crippen molar-refractivity contribution in [1.82, 2.24) is 15.3 Å². The predicted octanol–water partition coefficient (Wildman–Crippen LogP) is 3.19. The van der Waals surface area contributed by atoms with Gasteiger partial charge in [0, 0.05) is 31.4 Å². The van der Waals surface area contributed by atoms with Crippen LogP contribution in [0.1, 0.15) is 30.2 Å². The summed E-state index contributed by atoms with van der Waals surface area (Å²) in [6.07, 6.45) is 8.35. The van der Waals surface area contributed by atoms with E-state index in [-0.39, 0.29) is 17.9 Å². The predicted molar refractivity (Wildman–Crippen MR) is 102 cm³/mol. The number of hydrogen-bond donors (Lipinski definition) is 1. The summed E-state index contributed by atoms with van der Waals surface area (Å²) in [6.45, 7) is 1.60. The van der Waals surface area contributed by atoms with Gasteiger partial charge in [-0.15, -0.1) is 0 Å². The Hall–Kier alpha value is -3.15. The van der Waals surface area contributed by atoms with Crippen LogP contribution < -0.4 is 10.2 Å². The molecule has 27 heavy (non-hydrogen) atoms. The Labute approximate surface area is 158 Å². The molecule has 1 atom stereocenters. The van der Waals surface area contributed by atoms with Gasteiger partial charge in [-0.3, -0.25) is 9.78 Å². The second-order valence-electron chi connectivity index (χ2n) is 6.69. The van der Waals surface area contributed by atoms with E-state index < -0.39 is 0 Å². The van der Waals surface area contributed by atoms with E-state index in [2.05, 4.69) is 20.2 Å². The molecule has 6 heteroatoms. The summed E-state index contributed by atoms with van der Waals surface area (Å²) in [7, 11) is 0. The topological polar surface area (TPSA) is 71.3 Å². The van der Waals surface area contributed by atoms with Crippen LogP contribution in [-0.4, -0.2) is 29.0 Å². The van der Waals surface area contributed by atoms with Crippen molar-refractivity contribution in [1.29, 1.82) is 0 Å². The van der Waals surface area contributed by atoms with E-state index in [1.807, 2.05) is 42.5 Å². The number of nitrogens with zero attached hydrogens (tertiary/aromatic N) is 3. The maximum absolute atomic E-state index is 12.9. The minimum atomic E-state index is -0.272. The number of hydrogen-bond acceptors (Lipinski definition) is 5. The van der Waals surface area contributed by atoms with Crippen LogP contribution in [0.4, 0.5) is 5.82 Å². The summed E-state index contributed by atoms with van der Waals surface area (Å²) in [5.74, 6) is 1.67. The SMILES string of the molecule is O=C(NC(c1ccccc1)c1ccco1)C1CCN(c2cnccn2)CC1.